The molecule has 6 rings (SSSR count). The molecule has 3 fully saturated rings. The Morgan fingerprint density at radius 3 is 2.48 bits per heavy atom. The van der Waals surface area contributed by atoms with E-state index in [1.165, 1.54) is 37.4 Å². The first-order chi connectivity index (χ1) is 25.6. The normalized spacial score (nSPS) is 29.5. The summed E-state index contributed by atoms with van der Waals surface area (Å²) < 4.78 is 58.7. The second-order valence-electron chi connectivity index (χ2n) is 14.9. The third-order valence-electron chi connectivity index (χ3n) is 11.2. The van der Waals surface area contributed by atoms with E-state index in [1.807, 2.05) is 13.0 Å². The number of methoxy groups -OCH3 is 2. The average Bonchev–Trinajstić information content (AvgIpc) is 4.03. The van der Waals surface area contributed by atoms with Crippen LogP contribution in [0.1, 0.15) is 58.8 Å². The quantitative estimate of drug-likeness (QED) is 0.232. The molecule has 1 aromatic carbocycles. The van der Waals surface area contributed by atoms with Crippen molar-refractivity contribution >= 4 is 44.6 Å². The number of pyridine rings is 1. The standard InChI is InChI=1S/C36H46FN5O11S/c1-19-7-5-6-8-21-15-36(21,33(46)41-54(49,50)35(18-43)9-10-35)40-30(44)26-12-22(17-42(26)32(45)29(20(2)11-19)39-34(47)48)53-31-24-13-25(37)27(51-3)14-23(24)28(52-4)16-38-31/h6,8,13-14,16,19-22,26,29,39,43H,5,7,9-12,15,17-18H2,1-4H3,(H,40,44)(H,41,46)(H,47,48)/t19-,20-,21-,22-,26+,29+,36-/m1/s1. The molecule has 18 heteroatoms. The molecule has 3 heterocycles. The van der Waals surface area contributed by atoms with Crippen LogP contribution in [0.4, 0.5) is 9.18 Å². The number of hydrogen-bond acceptors (Lipinski definition) is 11. The number of sulfonamides is 1. The number of aliphatic hydroxyl groups is 1. The van der Waals surface area contributed by atoms with Crippen LogP contribution >= 0.6 is 0 Å². The highest BCUT2D eigenvalue weighted by molar-refractivity contribution is 7.91. The Bertz CT molecular complexity index is 1970. The van der Waals surface area contributed by atoms with Crippen LogP contribution < -0.4 is 29.6 Å². The number of aliphatic hydroxyl groups excluding tert-OH is 1. The van der Waals surface area contributed by atoms with Crippen molar-refractivity contribution < 1.29 is 56.4 Å². The fourth-order valence-electron chi connectivity index (χ4n) is 7.68. The number of nitrogens with zero attached hydrogens (tertiary/aromatic N) is 2. The molecular formula is C36H46FN5O11S. The van der Waals surface area contributed by atoms with Gasteiger partial charge < -0.3 is 40.0 Å². The van der Waals surface area contributed by atoms with E-state index in [4.69, 9.17) is 14.2 Å². The number of benzene rings is 1. The van der Waals surface area contributed by atoms with Gasteiger partial charge in [0.1, 0.15) is 34.2 Å². The van der Waals surface area contributed by atoms with E-state index in [1.54, 1.807) is 13.0 Å². The van der Waals surface area contributed by atoms with Crippen molar-refractivity contribution in [3.8, 4) is 17.4 Å². The molecule has 0 unspecified atom stereocenters. The molecule has 0 spiro atoms. The van der Waals surface area contributed by atoms with Gasteiger partial charge in [-0.25, -0.2) is 22.6 Å². The number of ether oxygens (including phenoxy) is 3. The van der Waals surface area contributed by atoms with Gasteiger partial charge in [-0.05, 0) is 62.5 Å². The lowest BCUT2D eigenvalue weighted by Gasteiger charge is -2.32. The number of carboxylic acid groups (broad SMARTS) is 1. The largest absolute Gasteiger partial charge is 0.494 e. The van der Waals surface area contributed by atoms with Gasteiger partial charge in [-0.3, -0.25) is 19.1 Å². The zero-order valence-electron chi connectivity index (χ0n) is 30.5. The van der Waals surface area contributed by atoms with Crippen LogP contribution in [-0.4, -0.2) is 108 Å². The summed E-state index contributed by atoms with van der Waals surface area (Å²) in [6.45, 7) is 2.87. The summed E-state index contributed by atoms with van der Waals surface area (Å²) in [5.41, 5.74) is -1.68. The summed E-state index contributed by atoms with van der Waals surface area (Å²) in [6, 6.07) is 0.0519. The lowest BCUT2D eigenvalue weighted by molar-refractivity contribution is -0.142. The van der Waals surface area contributed by atoms with Crippen LogP contribution in [0.25, 0.3) is 10.8 Å². The maximum atomic E-state index is 15.0. The number of fused-ring (bicyclic) bond motifs is 3. The highest BCUT2D eigenvalue weighted by atomic mass is 32.2. The zero-order chi connectivity index (χ0) is 39.2. The van der Waals surface area contributed by atoms with E-state index in [9.17, 15) is 42.2 Å². The molecular weight excluding hydrogens is 729 g/mol. The molecule has 2 aliphatic heterocycles. The maximum Gasteiger partial charge on any atom is 0.405 e. The molecule has 2 aromatic rings. The van der Waals surface area contributed by atoms with Gasteiger partial charge >= 0.3 is 6.09 Å². The first-order valence-corrected chi connectivity index (χ1v) is 19.4. The fraction of sp³-hybridized carbons (Fsp3) is 0.583. The molecule has 0 radical (unpaired) electrons. The molecule has 5 N–H and O–H groups in total. The predicted molar refractivity (Wildman–Crippen MR) is 191 cm³/mol. The molecule has 16 nitrogen and oxygen atoms in total. The number of allylic oxidation sites excluding steroid dienone is 1. The van der Waals surface area contributed by atoms with E-state index in [0.29, 0.717) is 30.4 Å². The Labute approximate surface area is 311 Å². The summed E-state index contributed by atoms with van der Waals surface area (Å²) in [5.74, 6) is -3.89. The van der Waals surface area contributed by atoms with Crippen LogP contribution in [0, 0.1) is 23.6 Å². The fourth-order valence-corrected chi connectivity index (χ4v) is 9.14. The van der Waals surface area contributed by atoms with E-state index in [2.05, 4.69) is 20.3 Å². The van der Waals surface area contributed by atoms with Crippen LogP contribution in [0.5, 0.6) is 17.4 Å². The monoisotopic (exact) mass is 775 g/mol. The van der Waals surface area contributed by atoms with Crippen LogP contribution in [0.15, 0.2) is 30.5 Å². The summed E-state index contributed by atoms with van der Waals surface area (Å²) in [6.07, 6.45) is 4.70. The summed E-state index contributed by atoms with van der Waals surface area (Å²) in [5, 5.41) is 25.3. The number of carbonyl (C=O) groups is 4. The summed E-state index contributed by atoms with van der Waals surface area (Å²) >= 11 is 0. The van der Waals surface area contributed by atoms with E-state index in [0.717, 1.165) is 0 Å². The van der Waals surface area contributed by atoms with Gasteiger partial charge in [0.15, 0.2) is 11.6 Å². The molecule has 0 bridgehead atoms. The lowest BCUT2D eigenvalue weighted by atomic mass is 9.88. The van der Waals surface area contributed by atoms with Gasteiger partial charge in [0.25, 0.3) is 5.91 Å². The van der Waals surface area contributed by atoms with Crippen molar-refractivity contribution in [2.75, 3.05) is 27.4 Å². The topological polar surface area (TPSA) is 223 Å². The molecule has 4 aliphatic rings. The minimum absolute atomic E-state index is 0.0262. The smallest absolute Gasteiger partial charge is 0.405 e. The van der Waals surface area contributed by atoms with Crippen molar-refractivity contribution in [2.45, 2.75) is 87.3 Å². The first-order valence-electron chi connectivity index (χ1n) is 17.9. The minimum Gasteiger partial charge on any atom is -0.494 e. The third kappa shape index (κ3) is 7.37. The molecule has 54 heavy (non-hydrogen) atoms. The predicted octanol–water partition coefficient (Wildman–Crippen LogP) is 2.23. The Kier molecular flexibility index (Phi) is 10.7. The van der Waals surface area contributed by atoms with Crippen molar-refractivity contribution in [1.29, 1.82) is 0 Å². The number of aromatic nitrogens is 1. The highest BCUT2D eigenvalue weighted by Gasteiger charge is 2.64. The lowest BCUT2D eigenvalue weighted by Crippen LogP contribution is -2.59. The van der Waals surface area contributed by atoms with Crippen molar-refractivity contribution in [1.82, 2.24) is 25.2 Å². The number of rotatable bonds is 9. The van der Waals surface area contributed by atoms with Crippen LogP contribution in [-0.2, 0) is 24.4 Å². The molecule has 7 atom stereocenters. The highest BCUT2D eigenvalue weighted by Crippen LogP contribution is 2.48. The number of hydrogen-bond donors (Lipinski definition) is 5. The van der Waals surface area contributed by atoms with E-state index >= 15 is 0 Å². The van der Waals surface area contributed by atoms with Gasteiger partial charge in [0.2, 0.25) is 27.7 Å². The van der Waals surface area contributed by atoms with E-state index < -0.39 is 86.6 Å². The van der Waals surface area contributed by atoms with Crippen molar-refractivity contribution in [3.63, 3.8) is 0 Å². The average molecular weight is 776 g/mol. The van der Waals surface area contributed by atoms with Gasteiger partial charge in [-0.1, -0.05) is 26.0 Å². The number of carbonyl (C=O) groups excluding carboxylic acids is 3. The Morgan fingerprint density at radius 1 is 1.11 bits per heavy atom. The van der Waals surface area contributed by atoms with Crippen LogP contribution in [0.3, 0.4) is 0 Å². The molecule has 2 saturated carbocycles. The Hall–Kier alpha value is -4.71. The maximum absolute atomic E-state index is 15.0. The van der Waals surface area contributed by atoms with Gasteiger partial charge in [0, 0.05) is 17.7 Å². The summed E-state index contributed by atoms with van der Waals surface area (Å²) in [4.78, 5) is 60.1. The number of nitrogens with one attached hydrogen (secondary N) is 3. The minimum atomic E-state index is -4.30. The third-order valence-corrected chi connectivity index (χ3v) is 13.3. The molecule has 1 saturated heterocycles. The van der Waals surface area contributed by atoms with Gasteiger partial charge in [0.05, 0.1) is 39.0 Å². The Balaban J connectivity index is 1.36. The molecule has 4 amide bonds. The molecule has 294 valence electrons. The number of halogens is 1. The first kappa shape index (κ1) is 39.0. The number of amides is 4. The SMILES string of the molecule is COc1cc2c(OC)cnc(O[C@@H]3C[C@H]4C(=O)N[C@]5(C(=O)NS(=O)(=O)C6(CO)CC6)C[C@H]5C=CCC[C@@H](C)C[C@@H](C)[C@H](NC(=O)O)C(=O)N4C3)c2cc1F. The second kappa shape index (κ2) is 14.8. The van der Waals surface area contributed by atoms with Crippen molar-refractivity contribution in [2.24, 2.45) is 17.8 Å². The second-order valence-corrected chi connectivity index (χ2v) is 17.0. The molecule has 1 aromatic heterocycles. The van der Waals surface area contributed by atoms with E-state index in [-0.39, 0.29) is 55.2 Å². The molecule has 2 aliphatic carbocycles. The van der Waals surface area contributed by atoms with Crippen LogP contribution in [0.2, 0.25) is 0 Å². The van der Waals surface area contributed by atoms with Gasteiger partial charge in [-0.15, -0.1) is 0 Å². The zero-order valence-corrected chi connectivity index (χ0v) is 31.3. The Morgan fingerprint density at radius 2 is 1.83 bits per heavy atom. The summed E-state index contributed by atoms with van der Waals surface area (Å²) in [7, 11) is -1.56. The van der Waals surface area contributed by atoms with Crippen molar-refractivity contribution in [3.05, 3.63) is 36.3 Å². The van der Waals surface area contributed by atoms with Gasteiger partial charge in [-0.2, -0.15) is 0 Å².